The van der Waals surface area contributed by atoms with Gasteiger partial charge in [-0.2, -0.15) is 0 Å². The highest BCUT2D eigenvalue weighted by Crippen LogP contribution is 2.08. The van der Waals surface area contributed by atoms with E-state index in [1.54, 1.807) is 0 Å². The molecular weight excluding hydrogens is 190 g/mol. The Morgan fingerprint density at radius 3 is 2.40 bits per heavy atom. The Balaban J connectivity index is 3.66. The van der Waals surface area contributed by atoms with Gasteiger partial charge in [-0.1, -0.05) is 34.1 Å². The van der Waals surface area contributed by atoms with Crippen LogP contribution in [0.2, 0.25) is 0 Å². The van der Waals surface area contributed by atoms with E-state index in [4.69, 9.17) is 10.5 Å². The number of ether oxygens (including phenoxy) is 1. The molecule has 2 unspecified atom stereocenters. The van der Waals surface area contributed by atoms with E-state index in [2.05, 4.69) is 13.8 Å². The minimum atomic E-state index is -0.167. The van der Waals surface area contributed by atoms with Crippen molar-refractivity contribution in [2.24, 2.45) is 17.6 Å². The number of carbonyl (C=O) groups excluding carboxylic acids is 1. The normalized spacial score (nSPS) is 15.1. The zero-order valence-electron chi connectivity index (χ0n) is 10.5. The summed E-state index contributed by atoms with van der Waals surface area (Å²) in [4.78, 5) is 11.4. The van der Waals surface area contributed by atoms with E-state index in [0.29, 0.717) is 24.9 Å². The molecule has 3 nitrogen and oxygen atoms in total. The minimum absolute atomic E-state index is 0.0843. The number of hydrogen-bond acceptors (Lipinski definition) is 3. The number of rotatable bonds is 7. The van der Waals surface area contributed by atoms with Crippen molar-refractivity contribution in [3.8, 4) is 0 Å². The average Bonchev–Trinajstić information content (AvgIpc) is 2.15. The summed E-state index contributed by atoms with van der Waals surface area (Å²) < 4.78 is 5.16. The molecule has 15 heavy (non-hydrogen) atoms. The molecule has 0 fully saturated rings. The summed E-state index contributed by atoms with van der Waals surface area (Å²) in [5.74, 6) is 0.610. The minimum Gasteiger partial charge on any atom is -0.465 e. The van der Waals surface area contributed by atoms with Crippen molar-refractivity contribution in [3.63, 3.8) is 0 Å². The maximum atomic E-state index is 11.4. The van der Waals surface area contributed by atoms with Crippen LogP contribution in [0.15, 0.2) is 0 Å². The molecule has 0 spiro atoms. The van der Waals surface area contributed by atoms with Gasteiger partial charge in [-0.15, -0.1) is 0 Å². The zero-order valence-corrected chi connectivity index (χ0v) is 10.5. The molecule has 0 bridgehead atoms. The lowest BCUT2D eigenvalue weighted by Gasteiger charge is -2.16. The van der Waals surface area contributed by atoms with Crippen LogP contribution in [0.25, 0.3) is 0 Å². The van der Waals surface area contributed by atoms with E-state index in [9.17, 15) is 4.79 Å². The molecule has 90 valence electrons. The lowest BCUT2D eigenvalue weighted by atomic mass is 10.0. The number of carbonyl (C=O) groups is 1. The Kier molecular flexibility index (Phi) is 7.39. The van der Waals surface area contributed by atoms with Gasteiger partial charge >= 0.3 is 5.97 Å². The number of hydrogen-bond donors (Lipinski definition) is 1. The van der Waals surface area contributed by atoms with Gasteiger partial charge in [0.25, 0.3) is 0 Å². The molecule has 0 heterocycles. The summed E-state index contributed by atoms with van der Waals surface area (Å²) in [7, 11) is 0. The standard InChI is InChI=1S/C12H25NO2/c1-5-6-10(4)8-15-12(14)7-11(13)9(2)3/h9-11H,5-8,13H2,1-4H3. The summed E-state index contributed by atoms with van der Waals surface area (Å²) in [5.41, 5.74) is 5.78. The van der Waals surface area contributed by atoms with E-state index in [0.717, 1.165) is 12.8 Å². The number of nitrogens with two attached hydrogens (primary N) is 1. The Bertz CT molecular complexity index is 180. The molecule has 0 amide bonds. The second kappa shape index (κ2) is 7.69. The van der Waals surface area contributed by atoms with Gasteiger partial charge in [-0.05, 0) is 18.3 Å². The van der Waals surface area contributed by atoms with Gasteiger partial charge in [0.2, 0.25) is 0 Å². The van der Waals surface area contributed by atoms with Crippen LogP contribution in [-0.4, -0.2) is 18.6 Å². The Hall–Kier alpha value is -0.570. The van der Waals surface area contributed by atoms with Crippen molar-refractivity contribution in [1.29, 1.82) is 0 Å². The molecule has 2 atom stereocenters. The summed E-state index contributed by atoms with van der Waals surface area (Å²) >= 11 is 0. The molecule has 0 aromatic carbocycles. The van der Waals surface area contributed by atoms with Crippen LogP contribution in [0.1, 0.15) is 47.0 Å². The van der Waals surface area contributed by atoms with Gasteiger partial charge in [0, 0.05) is 6.04 Å². The molecular formula is C12H25NO2. The van der Waals surface area contributed by atoms with Gasteiger partial charge in [-0.25, -0.2) is 0 Å². The van der Waals surface area contributed by atoms with Crippen LogP contribution in [0.5, 0.6) is 0 Å². The van der Waals surface area contributed by atoms with Crippen LogP contribution in [0.4, 0.5) is 0 Å². The fraction of sp³-hybridized carbons (Fsp3) is 0.917. The van der Waals surface area contributed by atoms with Gasteiger partial charge < -0.3 is 10.5 Å². The molecule has 0 aliphatic carbocycles. The van der Waals surface area contributed by atoms with Crippen molar-refractivity contribution in [1.82, 2.24) is 0 Å². The third-order valence-corrected chi connectivity index (χ3v) is 2.57. The van der Waals surface area contributed by atoms with Gasteiger partial charge in [-0.3, -0.25) is 4.79 Å². The Morgan fingerprint density at radius 1 is 1.33 bits per heavy atom. The molecule has 0 aliphatic rings. The molecule has 3 heteroatoms. The van der Waals surface area contributed by atoms with E-state index in [1.807, 2.05) is 13.8 Å². The van der Waals surface area contributed by atoms with Gasteiger partial charge in [0.15, 0.2) is 0 Å². The zero-order chi connectivity index (χ0) is 11.8. The van der Waals surface area contributed by atoms with Gasteiger partial charge in [0.05, 0.1) is 13.0 Å². The summed E-state index contributed by atoms with van der Waals surface area (Å²) in [6.45, 7) is 8.78. The largest absolute Gasteiger partial charge is 0.465 e. The van der Waals surface area contributed by atoms with E-state index < -0.39 is 0 Å². The van der Waals surface area contributed by atoms with E-state index in [1.165, 1.54) is 0 Å². The molecule has 0 aliphatic heterocycles. The Morgan fingerprint density at radius 2 is 1.93 bits per heavy atom. The second-order valence-corrected chi connectivity index (χ2v) is 4.69. The highest BCUT2D eigenvalue weighted by atomic mass is 16.5. The maximum absolute atomic E-state index is 11.4. The lowest BCUT2D eigenvalue weighted by molar-refractivity contribution is -0.145. The van der Waals surface area contributed by atoms with Crippen molar-refractivity contribution in [3.05, 3.63) is 0 Å². The predicted octanol–water partition coefficient (Wildman–Crippen LogP) is 2.34. The quantitative estimate of drug-likeness (QED) is 0.663. The van der Waals surface area contributed by atoms with E-state index >= 15 is 0 Å². The molecule has 0 rings (SSSR count). The van der Waals surface area contributed by atoms with Crippen molar-refractivity contribution in [2.75, 3.05) is 6.61 Å². The predicted molar refractivity (Wildman–Crippen MR) is 62.5 cm³/mol. The summed E-state index contributed by atoms with van der Waals surface area (Å²) in [6.07, 6.45) is 2.56. The maximum Gasteiger partial charge on any atom is 0.307 e. The van der Waals surface area contributed by atoms with E-state index in [-0.39, 0.29) is 12.0 Å². The molecule has 0 saturated carbocycles. The van der Waals surface area contributed by atoms with Crippen LogP contribution in [0, 0.1) is 11.8 Å². The van der Waals surface area contributed by atoms with Crippen LogP contribution in [-0.2, 0) is 9.53 Å². The summed E-state index contributed by atoms with van der Waals surface area (Å²) in [5, 5.41) is 0. The second-order valence-electron chi connectivity index (χ2n) is 4.69. The first kappa shape index (κ1) is 14.4. The first-order valence-electron chi connectivity index (χ1n) is 5.88. The molecule has 0 saturated heterocycles. The monoisotopic (exact) mass is 215 g/mol. The first-order chi connectivity index (χ1) is 6.97. The smallest absolute Gasteiger partial charge is 0.307 e. The van der Waals surface area contributed by atoms with Crippen LogP contribution >= 0.6 is 0 Å². The fourth-order valence-corrected chi connectivity index (χ4v) is 1.30. The molecule has 0 radical (unpaired) electrons. The number of esters is 1. The highest BCUT2D eigenvalue weighted by Gasteiger charge is 2.14. The van der Waals surface area contributed by atoms with Crippen LogP contribution in [0.3, 0.4) is 0 Å². The first-order valence-corrected chi connectivity index (χ1v) is 5.88. The van der Waals surface area contributed by atoms with Gasteiger partial charge in [0.1, 0.15) is 0 Å². The van der Waals surface area contributed by atoms with Crippen LogP contribution < -0.4 is 5.73 Å². The highest BCUT2D eigenvalue weighted by molar-refractivity contribution is 5.70. The van der Waals surface area contributed by atoms with Crippen molar-refractivity contribution < 1.29 is 9.53 Å². The fourth-order valence-electron chi connectivity index (χ4n) is 1.30. The topological polar surface area (TPSA) is 52.3 Å². The molecule has 0 aromatic rings. The summed E-state index contributed by atoms with van der Waals surface area (Å²) in [6, 6.07) is -0.0843. The molecule has 2 N–H and O–H groups in total. The SMILES string of the molecule is CCCC(C)COC(=O)CC(N)C(C)C. The third kappa shape index (κ3) is 7.37. The average molecular weight is 215 g/mol. The molecule has 0 aromatic heterocycles. The Labute approximate surface area is 93.4 Å². The lowest BCUT2D eigenvalue weighted by Crippen LogP contribution is -2.30. The van der Waals surface area contributed by atoms with Crippen molar-refractivity contribution >= 4 is 5.97 Å². The third-order valence-electron chi connectivity index (χ3n) is 2.57. The van der Waals surface area contributed by atoms with Crippen molar-refractivity contribution in [2.45, 2.75) is 53.0 Å².